The van der Waals surface area contributed by atoms with Gasteiger partial charge in [-0.1, -0.05) is 12.6 Å². The topological polar surface area (TPSA) is 72.2 Å². The first kappa shape index (κ1) is 8.50. The molecule has 2 amide bonds. The van der Waals surface area contributed by atoms with Crippen LogP contribution in [0.15, 0.2) is 24.8 Å². The summed E-state index contributed by atoms with van der Waals surface area (Å²) in [6.45, 7) is 3.56. The second kappa shape index (κ2) is 2.70. The molecule has 1 aliphatic rings. The lowest BCUT2D eigenvalue weighted by Gasteiger charge is -2.00. The van der Waals surface area contributed by atoms with Crippen molar-refractivity contribution in [2.75, 3.05) is 0 Å². The van der Waals surface area contributed by atoms with Crippen LogP contribution >= 0.6 is 0 Å². The molecule has 0 aromatic heterocycles. The van der Waals surface area contributed by atoms with E-state index in [1.807, 2.05) is 0 Å². The molecule has 1 aromatic rings. The van der Waals surface area contributed by atoms with E-state index >= 15 is 0 Å². The molecule has 0 atom stereocenters. The zero-order valence-electron chi connectivity index (χ0n) is 7.33. The summed E-state index contributed by atoms with van der Waals surface area (Å²) in [5.74, 6) is -0.743. The van der Waals surface area contributed by atoms with Crippen LogP contribution in [0.4, 0.5) is 0 Å². The molecule has 2 rings (SSSR count). The van der Waals surface area contributed by atoms with Gasteiger partial charge >= 0.3 is 0 Å². The maximum Gasteiger partial charge on any atom is 0.258 e. The lowest BCUT2D eigenvalue weighted by atomic mass is 10.0. The van der Waals surface area contributed by atoms with Gasteiger partial charge in [-0.3, -0.25) is 14.9 Å². The highest BCUT2D eigenvalue weighted by molar-refractivity contribution is 6.21. The number of nitrogens with two attached hydrogens (primary N) is 1. The third-order valence-electron chi connectivity index (χ3n) is 2.11. The van der Waals surface area contributed by atoms with Gasteiger partial charge in [0.2, 0.25) is 0 Å². The van der Waals surface area contributed by atoms with Gasteiger partial charge in [0.05, 0.1) is 11.1 Å². The van der Waals surface area contributed by atoms with Crippen LogP contribution in [0, 0.1) is 0 Å². The summed E-state index contributed by atoms with van der Waals surface area (Å²) in [6.07, 6.45) is 0. The lowest BCUT2D eigenvalue weighted by molar-refractivity contribution is 0.0879. The Labute approximate surface area is 80.4 Å². The molecule has 0 spiro atoms. The molecule has 4 nitrogen and oxygen atoms in total. The van der Waals surface area contributed by atoms with Crippen molar-refractivity contribution in [3.05, 3.63) is 41.5 Å². The molecule has 4 heteroatoms. The molecule has 0 unspecified atom stereocenters. The second-order valence-corrected chi connectivity index (χ2v) is 3.07. The number of carbonyl (C=O) groups excluding carboxylic acids is 2. The highest BCUT2D eigenvalue weighted by Crippen LogP contribution is 2.19. The summed E-state index contributed by atoms with van der Waals surface area (Å²) >= 11 is 0. The number of rotatable bonds is 1. The third-order valence-corrected chi connectivity index (χ3v) is 2.11. The van der Waals surface area contributed by atoms with E-state index < -0.39 is 0 Å². The Balaban J connectivity index is 2.61. The van der Waals surface area contributed by atoms with Crippen molar-refractivity contribution in [3.63, 3.8) is 0 Å². The van der Waals surface area contributed by atoms with Gasteiger partial charge in [-0.05, 0) is 17.7 Å². The second-order valence-electron chi connectivity index (χ2n) is 3.07. The van der Waals surface area contributed by atoms with Crippen molar-refractivity contribution in [1.82, 2.24) is 5.32 Å². The molecular weight excluding hydrogens is 180 g/mol. The largest absolute Gasteiger partial charge is 0.399 e. The van der Waals surface area contributed by atoms with Gasteiger partial charge in [-0.15, -0.1) is 0 Å². The van der Waals surface area contributed by atoms with Crippen molar-refractivity contribution >= 4 is 17.5 Å². The van der Waals surface area contributed by atoms with Crippen molar-refractivity contribution in [3.8, 4) is 0 Å². The maximum absolute atomic E-state index is 11.2. The van der Waals surface area contributed by atoms with E-state index in [0.29, 0.717) is 22.4 Å². The van der Waals surface area contributed by atoms with E-state index in [9.17, 15) is 9.59 Å². The zero-order chi connectivity index (χ0) is 10.3. The maximum atomic E-state index is 11.2. The molecule has 0 fully saturated rings. The third kappa shape index (κ3) is 1.08. The summed E-state index contributed by atoms with van der Waals surface area (Å²) in [6, 6.07) is 4.81. The summed E-state index contributed by atoms with van der Waals surface area (Å²) < 4.78 is 0. The average molecular weight is 188 g/mol. The number of hydrogen-bond donors (Lipinski definition) is 2. The molecular formula is C10H8N2O2. The molecule has 3 N–H and O–H groups in total. The molecule has 1 aliphatic heterocycles. The monoisotopic (exact) mass is 188 g/mol. The Kier molecular flexibility index (Phi) is 1.64. The molecule has 1 aromatic carbocycles. The predicted octanol–water partition coefficient (Wildman–Crippen LogP) is 0.500. The molecule has 0 radical (unpaired) electrons. The Morgan fingerprint density at radius 2 is 1.86 bits per heavy atom. The van der Waals surface area contributed by atoms with Gasteiger partial charge in [-0.2, -0.15) is 0 Å². The van der Waals surface area contributed by atoms with Crippen LogP contribution in [0.3, 0.4) is 0 Å². The minimum absolute atomic E-state index is 0.360. The van der Waals surface area contributed by atoms with Crippen LogP contribution in [-0.2, 0) is 0 Å². The number of benzene rings is 1. The van der Waals surface area contributed by atoms with Crippen LogP contribution in [0.25, 0.3) is 5.70 Å². The van der Waals surface area contributed by atoms with Gasteiger partial charge < -0.3 is 5.73 Å². The number of carbonyl (C=O) groups is 2. The quantitative estimate of drug-likeness (QED) is 0.630. The zero-order valence-corrected chi connectivity index (χ0v) is 7.33. The Bertz CT molecular complexity index is 463. The van der Waals surface area contributed by atoms with Crippen LogP contribution in [0.2, 0.25) is 0 Å². The van der Waals surface area contributed by atoms with E-state index in [4.69, 9.17) is 5.73 Å². The number of fused-ring (bicyclic) bond motifs is 1. The fourth-order valence-electron chi connectivity index (χ4n) is 1.37. The normalized spacial score (nSPS) is 13.7. The van der Waals surface area contributed by atoms with Crippen LogP contribution in [0.5, 0.6) is 0 Å². The fourth-order valence-corrected chi connectivity index (χ4v) is 1.37. The first-order valence-electron chi connectivity index (χ1n) is 4.04. The molecule has 0 saturated carbocycles. The molecule has 0 aliphatic carbocycles. The number of hydrogen-bond acceptors (Lipinski definition) is 3. The number of imide groups is 1. The fraction of sp³-hybridized carbons (Fsp3) is 0. The van der Waals surface area contributed by atoms with E-state index in [0.717, 1.165) is 0 Å². The first-order chi connectivity index (χ1) is 6.59. The Morgan fingerprint density at radius 1 is 1.21 bits per heavy atom. The molecule has 0 bridgehead atoms. The lowest BCUT2D eigenvalue weighted by Crippen LogP contribution is -2.19. The Hall–Kier alpha value is -2.10. The van der Waals surface area contributed by atoms with Crippen LogP contribution < -0.4 is 11.1 Å². The van der Waals surface area contributed by atoms with E-state index in [1.54, 1.807) is 18.2 Å². The average Bonchev–Trinajstić information content (AvgIpc) is 2.42. The van der Waals surface area contributed by atoms with Crippen LogP contribution in [0.1, 0.15) is 26.3 Å². The standard InChI is InChI=1S/C10H8N2O2/c1-5(11)6-2-3-7-8(4-6)10(14)12-9(7)13/h2-4H,1,11H2,(H,12,13,14). The highest BCUT2D eigenvalue weighted by atomic mass is 16.2. The summed E-state index contributed by atoms with van der Waals surface area (Å²) in [4.78, 5) is 22.4. The minimum atomic E-state index is -0.381. The van der Waals surface area contributed by atoms with Crippen molar-refractivity contribution in [2.24, 2.45) is 5.73 Å². The molecule has 70 valence electrons. The number of nitrogens with one attached hydrogen (secondary N) is 1. The summed E-state index contributed by atoms with van der Waals surface area (Å²) in [5, 5.41) is 2.20. The SMILES string of the molecule is C=C(N)c1ccc2c(c1)C(=O)NC2=O. The van der Waals surface area contributed by atoms with Gasteiger partial charge in [0.25, 0.3) is 11.8 Å². The first-order valence-corrected chi connectivity index (χ1v) is 4.04. The minimum Gasteiger partial charge on any atom is -0.399 e. The van der Waals surface area contributed by atoms with Gasteiger partial charge in [-0.25, -0.2) is 0 Å². The van der Waals surface area contributed by atoms with Gasteiger partial charge in [0.1, 0.15) is 0 Å². The predicted molar refractivity (Wildman–Crippen MR) is 51.5 cm³/mol. The van der Waals surface area contributed by atoms with Crippen molar-refractivity contribution < 1.29 is 9.59 Å². The van der Waals surface area contributed by atoms with Crippen molar-refractivity contribution in [1.29, 1.82) is 0 Å². The van der Waals surface area contributed by atoms with Crippen LogP contribution in [-0.4, -0.2) is 11.8 Å². The van der Waals surface area contributed by atoms with Gasteiger partial charge in [0.15, 0.2) is 0 Å². The molecule has 1 heterocycles. The smallest absolute Gasteiger partial charge is 0.258 e. The highest BCUT2D eigenvalue weighted by Gasteiger charge is 2.26. The van der Waals surface area contributed by atoms with E-state index in [2.05, 4.69) is 11.9 Å². The number of amides is 2. The van der Waals surface area contributed by atoms with E-state index in [-0.39, 0.29) is 11.8 Å². The summed E-state index contributed by atoms with van der Waals surface area (Å²) in [5.41, 5.74) is 7.26. The van der Waals surface area contributed by atoms with E-state index in [1.165, 1.54) is 0 Å². The molecule has 14 heavy (non-hydrogen) atoms. The van der Waals surface area contributed by atoms with Crippen molar-refractivity contribution in [2.45, 2.75) is 0 Å². The summed E-state index contributed by atoms with van der Waals surface area (Å²) in [7, 11) is 0. The van der Waals surface area contributed by atoms with Gasteiger partial charge in [0, 0.05) is 5.70 Å². The Morgan fingerprint density at radius 3 is 2.50 bits per heavy atom. The molecule has 0 saturated heterocycles.